The Morgan fingerprint density at radius 2 is 1.45 bits per heavy atom. The van der Waals surface area contributed by atoms with Gasteiger partial charge < -0.3 is 19.7 Å². The highest BCUT2D eigenvalue weighted by molar-refractivity contribution is 6.30. The maximum absolute atomic E-state index is 13.3. The second-order valence-corrected chi connectivity index (χ2v) is 13.5. The number of aromatic carboxylic acids is 1. The monoisotopic (exact) mass is 697 g/mol. The van der Waals surface area contributed by atoms with Crippen LogP contribution in [0.3, 0.4) is 0 Å². The van der Waals surface area contributed by atoms with Crippen LogP contribution in [0.5, 0.6) is 5.75 Å². The summed E-state index contributed by atoms with van der Waals surface area (Å²) >= 11 is 6.19. The normalized spacial score (nSPS) is 15.4. The Balaban J connectivity index is 0.00000417. The molecular weight excluding hydrogens is 657 g/mol. The lowest BCUT2D eigenvalue weighted by molar-refractivity contribution is 0.0696. The van der Waals surface area contributed by atoms with E-state index in [-0.39, 0.29) is 36.5 Å². The van der Waals surface area contributed by atoms with Crippen LogP contribution in [-0.4, -0.2) is 32.6 Å². The molecule has 1 heterocycles. The molecule has 2 aliphatic carbocycles. The second kappa shape index (κ2) is 15.5. The Bertz CT molecular complexity index is 1930. The minimum atomic E-state index is -0.957. The van der Waals surface area contributed by atoms with Gasteiger partial charge in [-0.25, -0.2) is 9.78 Å². The SMILES string of the molecule is Cl.O=C(O)c1ccc2c(c1)nc(-c1ccc(OCc3cc(C(=O)NC4CCCCC4)ccc3-c3ccc(Cl)cc3)cc1)n2C1CCCCC1. The van der Waals surface area contributed by atoms with E-state index in [9.17, 15) is 14.7 Å². The van der Waals surface area contributed by atoms with Gasteiger partial charge in [-0.1, -0.05) is 68.3 Å². The van der Waals surface area contributed by atoms with Gasteiger partial charge >= 0.3 is 5.97 Å². The van der Waals surface area contributed by atoms with Crippen LogP contribution in [0.25, 0.3) is 33.5 Å². The van der Waals surface area contributed by atoms with Crippen LogP contribution in [0.15, 0.2) is 84.9 Å². The van der Waals surface area contributed by atoms with Crippen LogP contribution in [0.4, 0.5) is 0 Å². The quantitative estimate of drug-likeness (QED) is 0.160. The fourth-order valence-electron chi connectivity index (χ4n) is 7.29. The summed E-state index contributed by atoms with van der Waals surface area (Å²) in [6, 6.07) is 27.2. The Kier molecular flexibility index (Phi) is 10.9. The summed E-state index contributed by atoms with van der Waals surface area (Å²) in [5.74, 6) is 0.535. The number of imidazole rings is 1. The van der Waals surface area contributed by atoms with E-state index < -0.39 is 5.97 Å². The minimum absolute atomic E-state index is 0. The highest BCUT2D eigenvalue weighted by Crippen LogP contribution is 2.37. The lowest BCUT2D eigenvalue weighted by Crippen LogP contribution is -2.36. The summed E-state index contributed by atoms with van der Waals surface area (Å²) < 4.78 is 8.65. The molecule has 2 aliphatic rings. The zero-order valence-electron chi connectivity index (χ0n) is 27.4. The van der Waals surface area contributed by atoms with Crippen molar-refractivity contribution in [1.82, 2.24) is 14.9 Å². The van der Waals surface area contributed by atoms with E-state index in [1.165, 1.54) is 25.7 Å². The molecular formula is C40H41Cl2N3O4. The smallest absolute Gasteiger partial charge is 0.335 e. The molecule has 7 nitrogen and oxygen atoms in total. The van der Waals surface area contributed by atoms with E-state index in [0.717, 1.165) is 72.1 Å². The average Bonchev–Trinajstić information content (AvgIpc) is 3.51. The van der Waals surface area contributed by atoms with Gasteiger partial charge in [0.15, 0.2) is 0 Å². The number of carboxylic acid groups (broad SMARTS) is 1. The Morgan fingerprint density at radius 1 is 0.796 bits per heavy atom. The van der Waals surface area contributed by atoms with E-state index >= 15 is 0 Å². The lowest BCUT2D eigenvalue weighted by Gasteiger charge is -2.25. The maximum Gasteiger partial charge on any atom is 0.335 e. The fourth-order valence-corrected chi connectivity index (χ4v) is 7.41. The van der Waals surface area contributed by atoms with Crippen LogP contribution in [0.2, 0.25) is 5.02 Å². The molecule has 0 aliphatic heterocycles. The second-order valence-electron chi connectivity index (χ2n) is 13.1. The first-order valence-electron chi connectivity index (χ1n) is 17.1. The molecule has 0 atom stereocenters. The number of ether oxygens (including phenoxy) is 1. The molecule has 1 amide bonds. The fraction of sp³-hybridized carbons (Fsp3) is 0.325. The van der Waals surface area contributed by atoms with Gasteiger partial charge in [0.1, 0.15) is 18.2 Å². The van der Waals surface area contributed by atoms with Crippen LogP contribution in [-0.2, 0) is 6.61 Å². The van der Waals surface area contributed by atoms with Crippen molar-refractivity contribution in [2.24, 2.45) is 0 Å². The van der Waals surface area contributed by atoms with Crippen molar-refractivity contribution < 1.29 is 19.4 Å². The number of carboxylic acids is 1. The van der Waals surface area contributed by atoms with Crippen molar-refractivity contribution in [3.8, 4) is 28.3 Å². The molecule has 0 bridgehead atoms. The van der Waals surface area contributed by atoms with Gasteiger partial charge in [0.05, 0.1) is 16.6 Å². The molecule has 2 saturated carbocycles. The van der Waals surface area contributed by atoms with Crippen LogP contribution < -0.4 is 10.1 Å². The van der Waals surface area contributed by atoms with E-state index in [1.807, 2.05) is 72.8 Å². The predicted molar refractivity (Wildman–Crippen MR) is 197 cm³/mol. The third-order valence-electron chi connectivity index (χ3n) is 9.85. The van der Waals surface area contributed by atoms with Crippen molar-refractivity contribution in [2.75, 3.05) is 0 Å². The molecule has 49 heavy (non-hydrogen) atoms. The number of rotatable bonds is 9. The number of nitrogens with one attached hydrogen (secondary N) is 1. The molecule has 1 aromatic heterocycles. The number of hydrogen-bond donors (Lipinski definition) is 2. The molecule has 0 radical (unpaired) electrons. The highest BCUT2D eigenvalue weighted by atomic mass is 35.5. The number of carbonyl (C=O) groups is 2. The van der Waals surface area contributed by atoms with Crippen molar-refractivity contribution in [3.63, 3.8) is 0 Å². The highest BCUT2D eigenvalue weighted by Gasteiger charge is 2.23. The van der Waals surface area contributed by atoms with Crippen LogP contribution in [0.1, 0.15) is 96.5 Å². The lowest BCUT2D eigenvalue weighted by atomic mass is 9.94. The molecule has 7 rings (SSSR count). The van der Waals surface area contributed by atoms with Gasteiger partial charge in [-0.05, 0) is 109 Å². The standard InChI is InChI=1S/C40H40ClN3O4.ClH/c41-31-17-11-26(12-18-31)35-21-15-28(39(45)42-32-7-3-1-4-8-32)23-30(35)25-48-34-19-13-27(14-20-34)38-43-36-24-29(40(46)47)16-22-37(36)44(38)33-9-5-2-6-10-33;/h11-24,32-33H,1-10,25H2,(H,42,45)(H,46,47);1H. The summed E-state index contributed by atoms with van der Waals surface area (Å²) in [7, 11) is 0. The number of halogens is 2. The third kappa shape index (κ3) is 7.79. The number of fused-ring (bicyclic) bond motifs is 1. The first-order valence-corrected chi connectivity index (χ1v) is 17.5. The summed E-state index contributed by atoms with van der Waals surface area (Å²) in [6.07, 6.45) is 11.3. The van der Waals surface area contributed by atoms with E-state index in [4.69, 9.17) is 21.3 Å². The molecule has 0 unspecified atom stereocenters. The molecule has 0 saturated heterocycles. The molecule has 2 N–H and O–H groups in total. The first-order chi connectivity index (χ1) is 23.4. The number of carbonyl (C=O) groups excluding carboxylic acids is 1. The number of nitrogens with zero attached hydrogens (tertiary/aromatic N) is 2. The van der Waals surface area contributed by atoms with Gasteiger partial charge in [-0.3, -0.25) is 4.79 Å². The molecule has 9 heteroatoms. The van der Waals surface area contributed by atoms with Crippen molar-refractivity contribution >= 4 is 46.9 Å². The minimum Gasteiger partial charge on any atom is -0.489 e. The topological polar surface area (TPSA) is 93.5 Å². The molecule has 0 spiro atoms. The predicted octanol–water partition coefficient (Wildman–Crippen LogP) is 10.3. The summed E-state index contributed by atoms with van der Waals surface area (Å²) in [4.78, 5) is 29.9. The third-order valence-corrected chi connectivity index (χ3v) is 10.1. The van der Waals surface area contributed by atoms with Crippen LogP contribution in [0, 0.1) is 0 Å². The van der Waals surface area contributed by atoms with Crippen LogP contribution >= 0.6 is 24.0 Å². The van der Waals surface area contributed by atoms with Crippen molar-refractivity contribution in [2.45, 2.75) is 82.9 Å². The van der Waals surface area contributed by atoms with Crippen molar-refractivity contribution in [1.29, 1.82) is 0 Å². The summed E-state index contributed by atoms with van der Waals surface area (Å²) in [5.41, 5.74) is 6.36. The number of aromatic nitrogens is 2. The Labute approximate surface area is 298 Å². The van der Waals surface area contributed by atoms with Gasteiger partial charge in [-0.2, -0.15) is 0 Å². The Hall–Kier alpha value is -4.33. The number of benzene rings is 4. The maximum atomic E-state index is 13.3. The average molecular weight is 699 g/mol. The molecule has 5 aromatic rings. The van der Waals surface area contributed by atoms with E-state index in [0.29, 0.717) is 27.9 Å². The number of hydrogen-bond acceptors (Lipinski definition) is 4. The number of amides is 1. The molecule has 254 valence electrons. The van der Waals surface area contributed by atoms with Crippen molar-refractivity contribution in [3.05, 3.63) is 107 Å². The summed E-state index contributed by atoms with van der Waals surface area (Å²) in [5, 5.41) is 13.5. The Morgan fingerprint density at radius 3 is 2.14 bits per heavy atom. The van der Waals surface area contributed by atoms with E-state index in [2.05, 4.69) is 9.88 Å². The zero-order valence-corrected chi connectivity index (χ0v) is 28.9. The first kappa shape index (κ1) is 34.5. The van der Waals surface area contributed by atoms with Gasteiger partial charge in [0.2, 0.25) is 0 Å². The summed E-state index contributed by atoms with van der Waals surface area (Å²) in [6.45, 7) is 0.278. The largest absolute Gasteiger partial charge is 0.489 e. The van der Waals surface area contributed by atoms with Gasteiger partial charge in [0.25, 0.3) is 5.91 Å². The van der Waals surface area contributed by atoms with E-state index in [1.54, 1.807) is 12.1 Å². The molecule has 2 fully saturated rings. The van der Waals surface area contributed by atoms with Gasteiger partial charge in [0, 0.05) is 28.2 Å². The zero-order chi connectivity index (χ0) is 33.0. The van der Waals surface area contributed by atoms with Gasteiger partial charge in [-0.15, -0.1) is 12.4 Å². The molecule has 4 aromatic carbocycles.